The van der Waals surface area contributed by atoms with Crippen LogP contribution >= 0.6 is 0 Å². The van der Waals surface area contributed by atoms with Crippen LogP contribution in [0.4, 0.5) is 10.5 Å². The van der Waals surface area contributed by atoms with Gasteiger partial charge in [-0.15, -0.1) is 6.42 Å². The maximum absolute atomic E-state index is 12.1. The maximum atomic E-state index is 12.1. The molecule has 0 spiro atoms. The summed E-state index contributed by atoms with van der Waals surface area (Å²) in [7, 11) is -3.07. The molecule has 1 atom stereocenters. The fourth-order valence-electron chi connectivity index (χ4n) is 3.44. The average Bonchev–Trinajstić information content (AvgIpc) is 3.01. The Bertz CT molecular complexity index is 1120. The number of carbonyl (C=O) groups is 1. The van der Waals surface area contributed by atoms with Crippen LogP contribution in [-0.4, -0.2) is 50.1 Å². The number of benzene rings is 1. The minimum atomic E-state index is -3.07. The quantitative estimate of drug-likeness (QED) is 0.565. The predicted molar refractivity (Wildman–Crippen MR) is 109 cm³/mol. The fourth-order valence-corrected chi connectivity index (χ4v) is 5.20. The first-order valence-electron chi connectivity index (χ1n) is 9.20. The molecule has 29 heavy (non-hydrogen) atoms. The molecule has 8 nitrogen and oxygen atoms in total. The first-order chi connectivity index (χ1) is 13.8. The van der Waals surface area contributed by atoms with Crippen LogP contribution in [0.5, 0.6) is 0 Å². The lowest BCUT2D eigenvalue weighted by Crippen LogP contribution is -2.36. The molecule has 154 valence electrons. The van der Waals surface area contributed by atoms with Crippen LogP contribution in [0, 0.1) is 12.3 Å². The van der Waals surface area contributed by atoms with Crippen molar-refractivity contribution in [1.29, 1.82) is 0 Å². The van der Waals surface area contributed by atoms with E-state index in [1.807, 2.05) is 4.90 Å². The third-order valence-electron chi connectivity index (χ3n) is 4.74. The van der Waals surface area contributed by atoms with Crippen molar-refractivity contribution in [1.82, 2.24) is 4.90 Å². The molecule has 0 aliphatic carbocycles. The molecule has 1 amide bonds. The smallest absolute Gasteiger partial charge is 0.411 e. The van der Waals surface area contributed by atoms with Crippen LogP contribution < -0.4 is 10.9 Å². The lowest BCUT2D eigenvalue weighted by Gasteiger charge is -2.26. The van der Waals surface area contributed by atoms with Gasteiger partial charge in [0, 0.05) is 35.8 Å². The number of anilines is 1. The number of fused-ring (bicyclic) bond motifs is 1. The van der Waals surface area contributed by atoms with E-state index in [0.717, 1.165) is 0 Å². The highest BCUT2D eigenvalue weighted by atomic mass is 32.2. The minimum Gasteiger partial charge on any atom is -0.450 e. The van der Waals surface area contributed by atoms with Crippen molar-refractivity contribution in [3.05, 3.63) is 40.2 Å². The van der Waals surface area contributed by atoms with E-state index in [9.17, 15) is 18.0 Å². The Morgan fingerprint density at radius 3 is 2.86 bits per heavy atom. The molecule has 1 fully saturated rings. The molecule has 0 bridgehead atoms. The second-order valence-electron chi connectivity index (χ2n) is 6.81. The van der Waals surface area contributed by atoms with Crippen molar-refractivity contribution in [3.63, 3.8) is 0 Å². The summed E-state index contributed by atoms with van der Waals surface area (Å²) in [5.41, 5.74) is 0.874. The molecule has 9 heteroatoms. The number of hydrogen-bond acceptors (Lipinski definition) is 7. The Kier molecular flexibility index (Phi) is 6.25. The summed E-state index contributed by atoms with van der Waals surface area (Å²) in [5.74, 6) is 2.76. The van der Waals surface area contributed by atoms with Crippen molar-refractivity contribution in [2.75, 3.05) is 30.0 Å². The van der Waals surface area contributed by atoms with Gasteiger partial charge in [-0.3, -0.25) is 10.2 Å². The molecular formula is C20H22N2O6S. The Labute approximate surface area is 168 Å². The standard InChI is InChI=1S/C20H22N2O6S/c1-3-8-22(16-7-9-29(25,26)13-16)12-14-10-19(23)28-18-11-15(5-6-17(14)18)21-20(24)27-4-2/h1,5-6,10-11,16H,4,7-9,12-13H2,2H3,(H,21,24). The van der Waals surface area contributed by atoms with E-state index in [1.165, 1.54) is 6.07 Å². The number of hydrogen-bond donors (Lipinski definition) is 1. The van der Waals surface area contributed by atoms with Crippen LogP contribution in [0.25, 0.3) is 11.0 Å². The highest BCUT2D eigenvalue weighted by Crippen LogP contribution is 2.25. The van der Waals surface area contributed by atoms with Crippen LogP contribution in [0.3, 0.4) is 0 Å². The number of nitrogens with zero attached hydrogens (tertiary/aromatic N) is 1. The van der Waals surface area contributed by atoms with Gasteiger partial charge in [0.25, 0.3) is 0 Å². The van der Waals surface area contributed by atoms with E-state index in [2.05, 4.69) is 11.2 Å². The van der Waals surface area contributed by atoms with Gasteiger partial charge in [-0.25, -0.2) is 18.0 Å². The minimum absolute atomic E-state index is 0.0572. The Morgan fingerprint density at radius 1 is 1.41 bits per heavy atom. The highest BCUT2D eigenvalue weighted by Gasteiger charge is 2.32. The molecule has 1 aromatic heterocycles. The van der Waals surface area contributed by atoms with Gasteiger partial charge in [0.2, 0.25) is 0 Å². The van der Waals surface area contributed by atoms with E-state index < -0.39 is 21.6 Å². The summed E-state index contributed by atoms with van der Waals surface area (Å²) < 4.78 is 33.8. The van der Waals surface area contributed by atoms with Gasteiger partial charge in [0.05, 0.1) is 24.7 Å². The largest absolute Gasteiger partial charge is 0.450 e. The first-order valence-corrected chi connectivity index (χ1v) is 11.0. The number of carbonyl (C=O) groups excluding carboxylic acids is 1. The zero-order chi connectivity index (χ0) is 21.0. The number of sulfone groups is 1. The second kappa shape index (κ2) is 8.68. The summed E-state index contributed by atoms with van der Waals surface area (Å²) in [6.07, 6.45) is 5.39. The molecule has 1 saturated heterocycles. The predicted octanol–water partition coefficient (Wildman–Crippen LogP) is 1.98. The Morgan fingerprint density at radius 2 is 2.21 bits per heavy atom. The number of amides is 1. The van der Waals surface area contributed by atoms with Gasteiger partial charge in [-0.2, -0.15) is 0 Å². The summed E-state index contributed by atoms with van der Waals surface area (Å²) in [6, 6.07) is 6.14. The van der Waals surface area contributed by atoms with Crippen LogP contribution in [0.1, 0.15) is 18.9 Å². The van der Waals surface area contributed by atoms with E-state index in [0.29, 0.717) is 35.2 Å². The van der Waals surface area contributed by atoms with Crippen molar-refractivity contribution in [2.45, 2.75) is 25.9 Å². The van der Waals surface area contributed by atoms with Gasteiger partial charge in [0.15, 0.2) is 9.84 Å². The lowest BCUT2D eigenvalue weighted by molar-refractivity contribution is 0.168. The Balaban J connectivity index is 1.90. The van der Waals surface area contributed by atoms with Crippen molar-refractivity contribution < 1.29 is 22.4 Å². The zero-order valence-corrected chi connectivity index (χ0v) is 16.8. The second-order valence-corrected chi connectivity index (χ2v) is 9.04. The molecule has 1 aromatic carbocycles. The third-order valence-corrected chi connectivity index (χ3v) is 6.49. The highest BCUT2D eigenvalue weighted by molar-refractivity contribution is 7.91. The van der Waals surface area contributed by atoms with Crippen molar-refractivity contribution in [3.8, 4) is 12.3 Å². The topological polar surface area (TPSA) is 106 Å². The molecule has 0 saturated carbocycles. The van der Waals surface area contributed by atoms with Crippen LogP contribution in [-0.2, 0) is 21.1 Å². The van der Waals surface area contributed by atoms with Gasteiger partial charge < -0.3 is 9.15 Å². The third kappa shape index (κ3) is 5.16. The molecule has 2 heterocycles. The SMILES string of the molecule is C#CCN(Cc1cc(=O)oc2cc(NC(=O)OCC)ccc12)C1CCS(=O)(=O)C1. The van der Waals surface area contributed by atoms with Gasteiger partial charge in [-0.05, 0) is 31.0 Å². The van der Waals surface area contributed by atoms with E-state index in [4.69, 9.17) is 15.6 Å². The number of rotatable bonds is 6. The monoisotopic (exact) mass is 418 g/mol. The number of nitrogens with one attached hydrogen (secondary N) is 1. The molecule has 1 unspecified atom stereocenters. The zero-order valence-electron chi connectivity index (χ0n) is 16.0. The normalized spacial score (nSPS) is 17.9. The maximum Gasteiger partial charge on any atom is 0.411 e. The van der Waals surface area contributed by atoms with Crippen LogP contribution in [0.2, 0.25) is 0 Å². The molecule has 1 aliphatic heterocycles. The summed E-state index contributed by atoms with van der Waals surface area (Å²) in [4.78, 5) is 25.6. The summed E-state index contributed by atoms with van der Waals surface area (Å²) in [6.45, 7) is 2.52. The van der Waals surface area contributed by atoms with Gasteiger partial charge >= 0.3 is 11.7 Å². The molecular weight excluding hydrogens is 396 g/mol. The van der Waals surface area contributed by atoms with Crippen LogP contribution in [0.15, 0.2) is 33.5 Å². The summed E-state index contributed by atoms with van der Waals surface area (Å²) >= 11 is 0. The van der Waals surface area contributed by atoms with Crippen molar-refractivity contribution >= 4 is 32.6 Å². The van der Waals surface area contributed by atoms with E-state index in [-0.39, 0.29) is 30.7 Å². The molecule has 3 rings (SSSR count). The van der Waals surface area contributed by atoms with E-state index in [1.54, 1.807) is 25.1 Å². The fraction of sp³-hybridized carbons (Fsp3) is 0.400. The number of ether oxygens (including phenoxy) is 1. The Hall–Kier alpha value is -2.83. The van der Waals surface area contributed by atoms with Crippen molar-refractivity contribution in [2.24, 2.45) is 0 Å². The van der Waals surface area contributed by atoms with Gasteiger partial charge in [-0.1, -0.05) is 5.92 Å². The summed E-state index contributed by atoms with van der Waals surface area (Å²) in [5, 5.41) is 3.24. The number of terminal acetylenes is 1. The average molecular weight is 418 g/mol. The molecule has 1 N–H and O–H groups in total. The molecule has 0 radical (unpaired) electrons. The first kappa shape index (κ1) is 20.9. The van der Waals surface area contributed by atoms with E-state index >= 15 is 0 Å². The lowest BCUT2D eigenvalue weighted by atomic mass is 10.1. The van der Waals surface area contributed by atoms with Gasteiger partial charge in [0.1, 0.15) is 5.58 Å². The molecule has 1 aliphatic rings. The molecule has 2 aromatic rings.